The molecule has 4 atom stereocenters. The van der Waals surface area contributed by atoms with E-state index < -0.39 is 12.2 Å². The van der Waals surface area contributed by atoms with E-state index in [0.717, 1.165) is 6.42 Å². The lowest BCUT2D eigenvalue weighted by atomic mass is 10.0. The Morgan fingerprint density at radius 3 is 2.44 bits per heavy atom. The van der Waals surface area contributed by atoms with Crippen LogP contribution >= 0.6 is 0 Å². The number of hydrogen-bond donors (Lipinski definition) is 2. The summed E-state index contributed by atoms with van der Waals surface area (Å²) < 4.78 is 11.1. The topological polar surface area (TPSA) is 58.9 Å². The van der Waals surface area contributed by atoms with Gasteiger partial charge >= 0.3 is 0 Å². The molecule has 18 heavy (non-hydrogen) atoms. The lowest BCUT2D eigenvalue weighted by molar-refractivity contribution is -0.246. The third-order valence-electron chi connectivity index (χ3n) is 3.48. The molecule has 0 spiro atoms. The minimum atomic E-state index is -0.793. The second-order valence-electron chi connectivity index (χ2n) is 5.20. The molecule has 0 amide bonds. The van der Waals surface area contributed by atoms with Crippen LogP contribution in [-0.4, -0.2) is 41.4 Å². The summed E-state index contributed by atoms with van der Waals surface area (Å²) in [6, 6.07) is 0. The molecule has 0 aliphatic carbocycles. The first-order chi connectivity index (χ1) is 8.65. The zero-order chi connectivity index (χ0) is 13.4. The molecular weight excluding hydrogens is 232 g/mol. The molecule has 1 rings (SSSR count). The van der Waals surface area contributed by atoms with Gasteiger partial charge in [0.25, 0.3) is 0 Å². The van der Waals surface area contributed by atoms with E-state index in [0.29, 0.717) is 13.0 Å². The highest BCUT2D eigenvalue weighted by Crippen LogP contribution is 2.21. The van der Waals surface area contributed by atoms with Crippen LogP contribution in [0.25, 0.3) is 0 Å². The Balaban J connectivity index is 2.02. The molecule has 1 saturated heterocycles. The van der Waals surface area contributed by atoms with Crippen molar-refractivity contribution in [3.8, 4) is 0 Å². The van der Waals surface area contributed by atoms with Gasteiger partial charge in [0.2, 0.25) is 0 Å². The van der Waals surface area contributed by atoms with E-state index in [1.54, 1.807) is 6.92 Å². The first-order valence-electron chi connectivity index (χ1n) is 7.28. The van der Waals surface area contributed by atoms with E-state index >= 15 is 0 Å². The first-order valence-corrected chi connectivity index (χ1v) is 7.28. The fraction of sp³-hybridized carbons (Fsp3) is 1.00. The molecule has 0 radical (unpaired) electrons. The van der Waals surface area contributed by atoms with Crippen molar-refractivity contribution < 1.29 is 19.7 Å². The summed E-state index contributed by atoms with van der Waals surface area (Å²) >= 11 is 0. The smallest absolute Gasteiger partial charge is 0.160 e. The molecule has 108 valence electrons. The second-order valence-corrected chi connectivity index (χ2v) is 5.20. The molecule has 0 bridgehead atoms. The van der Waals surface area contributed by atoms with Crippen LogP contribution in [0.3, 0.4) is 0 Å². The molecule has 0 saturated carbocycles. The van der Waals surface area contributed by atoms with Gasteiger partial charge in [0.05, 0.1) is 12.2 Å². The molecule has 4 heteroatoms. The maximum absolute atomic E-state index is 9.61. The Bertz CT molecular complexity index is 198. The van der Waals surface area contributed by atoms with Gasteiger partial charge in [-0.05, 0) is 13.3 Å². The van der Waals surface area contributed by atoms with Gasteiger partial charge in [-0.25, -0.2) is 0 Å². The van der Waals surface area contributed by atoms with Crippen molar-refractivity contribution >= 4 is 0 Å². The van der Waals surface area contributed by atoms with Crippen molar-refractivity contribution in [2.75, 3.05) is 6.61 Å². The van der Waals surface area contributed by atoms with Crippen LogP contribution in [0.1, 0.15) is 58.8 Å². The second kappa shape index (κ2) is 8.86. The van der Waals surface area contributed by atoms with Crippen LogP contribution in [0, 0.1) is 0 Å². The molecule has 1 aliphatic rings. The molecular formula is C14H28O4. The van der Waals surface area contributed by atoms with E-state index in [2.05, 4.69) is 6.92 Å². The third kappa shape index (κ3) is 5.65. The van der Waals surface area contributed by atoms with Crippen molar-refractivity contribution in [1.29, 1.82) is 0 Å². The summed E-state index contributed by atoms with van der Waals surface area (Å²) in [6.07, 6.45) is 5.49. The molecule has 4 nitrogen and oxygen atoms in total. The maximum atomic E-state index is 9.61. The molecule has 0 aromatic rings. The van der Waals surface area contributed by atoms with E-state index in [9.17, 15) is 10.2 Å². The Hall–Kier alpha value is -0.160. The van der Waals surface area contributed by atoms with Gasteiger partial charge in [0.1, 0.15) is 6.10 Å². The van der Waals surface area contributed by atoms with Gasteiger partial charge in [-0.3, -0.25) is 0 Å². The van der Waals surface area contributed by atoms with E-state index in [1.807, 2.05) is 0 Å². The van der Waals surface area contributed by atoms with Crippen LogP contribution in [0.4, 0.5) is 0 Å². The van der Waals surface area contributed by atoms with Gasteiger partial charge in [0.15, 0.2) is 6.29 Å². The number of aliphatic hydroxyl groups is 2. The zero-order valence-electron chi connectivity index (χ0n) is 11.7. The highest BCUT2D eigenvalue weighted by molar-refractivity contribution is 4.79. The van der Waals surface area contributed by atoms with Crippen molar-refractivity contribution in [2.24, 2.45) is 0 Å². The van der Waals surface area contributed by atoms with Crippen molar-refractivity contribution in [3.63, 3.8) is 0 Å². The van der Waals surface area contributed by atoms with Crippen molar-refractivity contribution in [3.05, 3.63) is 0 Å². The van der Waals surface area contributed by atoms with Gasteiger partial charge in [-0.15, -0.1) is 0 Å². The number of ether oxygens (including phenoxy) is 2. The summed E-state index contributed by atoms with van der Waals surface area (Å²) in [5.74, 6) is 0. The van der Waals surface area contributed by atoms with Crippen LogP contribution < -0.4 is 0 Å². The fourth-order valence-corrected chi connectivity index (χ4v) is 2.23. The van der Waals surface area contributed by atoms with E-state index in [4.69, 9.17) is 9.47 Å². The van der Waals surface area contributed by atoms with Gasteiger partial charge in [0, 0.05) is 13.0 Å². The third-order valence-corrected chi connectivity index (χ3v) is 3.48. The predicted molar refractivity (Wildman–Crippen MR) is 70.3 cm³/mol. The standard InChI is InChI=1S/C14H28O4/c1-3-4-5-6-7-8-9-17-13-10-12(15)14(16)11(2)18-13/h11-16H,3-10H2,1-2H3/t11-,12+,13+,14-/m0/s1. The summed E-state index contributed by atoms with van der Waals surface area (Å²) in [6.45, 7) is 4.64. The Labute approximate surface area is 110 Å². The van der Waals surface area contributed by atoms with Crippen LogP contribution in [0.5, 0.6) is 0 Å². The maximum Gasteiger partial charge on any atom is 0.160 e. The Kier molecular flexibility index (Phi) is 7.82. The van der Waals surface area contributed by atoms with E-state index in [-0.39, 0.29) is 12.4 Å². The lowest BCUT2D eigenvalue weighted by Crippen LogP contribution is -2.47. The van der Waals surface area contributed by atoms with Gasteiger partial charge in [-0.1, -0.05) is 39.0 Å². The minimum absolute atomic E-state index is 0.358. The predicted octanol–water partition coefficient (Wildman–Crippen LogP) is 2.22. The molecule has 1 aliphatic heterocycles. The van der Waals surface area contributed by atoms with Gasteiger partial charge < -0.3 is 19.7 Å². The summed E-state index contributed by atoms with van der Waals surface area (Å²) in [7, 11) is 0. The summed E-state index contributed by atoms with van der Waals surface area (Å²) in [5.41, 5.74) is 0. The number of hydrogen-bond acceptors (Lipinski definition) is 4. The number of unbranched alkanes of at least 4 members (excludes halogenated alkanes) is 5. The quantitative estimate of drug-likeness (QED) is 0.657. The van der Waals surface area contributed by atoms with E-state index in [1.165, 1.54) is 32.1 Å². The molecule has 0 aromatic carbocycles. The largest absolute Gasteiger partial charge is 0.390 e. The molecule has 0 unspecified atom stereocenters. The van der Waals surface area contributed by atoms with Crippen LogP contribution in [-0.2, 0) is 9.47 Å². The monoisotopic (exact) mass is 260 g/mol. The summed E-state index contributed by atoms with van der Waals surface area (Å²) in [4.78, 5) is 0. The number of rotatable bonds is 8. The SMILES string of the molecule is CCCCCCCCO[C@H]1C[C@@H](O)[C@@H](O)[C@H](C)O1. The van der Waals surface area contributed by atoms with Crippen molar-refractivity contribution in [1.82, 2.24) is 0 Å². The Morgan fingerprint density at radius 1 is 1.11 bits per heavy atom. The molecule has 0 aromatic heterocycles. The molecule has 2 N–H and O–H groups in total. The fourth-order valence-electron chi connectivity index (χ4n) is 2.23. The zero-order valence-corrected chi connectivity index (χ0v) is 11.7. The normalized spacial score (nSPS) is 32.7. The molecule has 1 fully saturated rings. The number of aliphatic hydroxyl groups excluding tert-OH is 2. The highest BCUT2D eigenvalue weighted by Gasteiger charge is 2.34. The highest BCUT2D eigenvalue weighted by atomic mass is 16.7. The average Bonchev–Trinajstić information content (AvgIpc) is 2.34. The van der Waals surface area contributed by atoms with Gasteiger partial charge in [-0.2, -0.15) is 0 Å². The average molecular weight is 260 g/mol. The van der Waals surface area contributed by atoms with Crippen LogP contribution in [0.2, 0.25) is 0 Å². The first kappa shape index (κ1) is 15.9. The van der Waals surface area contributed by atoms with Crippen LogP contribution in [0.15, 0.2) is 0 Å². The Morgan fingerprint density at radius 2 is 1.78 bits per heavy atom. The van der Waals surface area contributed by atoms with Crippen molar-refractivity contribution in [2.45, 2.75) is 83.4 Å². The lowest BCUT2D eigenvalue weighted by Gasteiger charge is -2.35. The molecule has 1 heterocycles. The summed E-state index contributed by atoms with van der Waals surface area (Å²) in [5, 5.41) is 19.1. The minimum Gasteiger partial charge on any atom is -0.390 e.